The van der Waals surface area contributed by atoms with Crippen molar-refractivity contribution in [1.82, 2.24) is 4.98 Å². The highest BCUT2D eigenvalue weighted by molar-refractivity contribution is 7.92. The summed E-state index contributed by atoms with van der Waals surface area (Å²) in [6.45, 7) is 1.55. The number of oxazole rings is 1. The number of sulfonamides is 1. The number of carboxylic acids is 1. The first-order chi connectivity index (χ1) is 15.4. The highest BCUT2D eigenvalue weighted by Crippen LogP contribution is 2.33. The van der Waals surface area contributed by atoms with Gasteiger partial charge in [-0.1, -0.05) is 12.1 Å². The van der Waals surface area contributed by atoms with Crippen LogP contribution in [0.3, 0.4) is 0 Å². The molecular weight excluding hydrogens is 461 g/mol. The molecule has 11 heteroatoms. The molecule has 0 radical (unpaired) electrons. The number of rotatable bonds is 5. The van der Waals surface area contributed by atoms with Crippen LogP contribution in [0.4, 0.5) is 18.9 Å². The van der Waals surface area contributed by atoms with Crippen LogP contribution < -0.4 is 4.72 Å². The highest BCUT2D eigenvalue weighted by Gasteiger charge is 2.30. The van der Waals surface area contributed by atoms with Crippen LogP contribution in [0.15, 0.2) is 70.0 Å². The largest absolute Gasteiger partial charge is 0.478 e. The molecule has 0 atom stereocenters. The molecule has 0 saturated heterocycles. The molecule has 3 aromatic carbocycles. The third-order valence-corrected chi connectivity index (χ3v) is 6.21. The fourth-order valence-corrected chi connectivity index (χ4v) is 4.23. The molecule has 2 N–H and O–H groups in total. The van der Waals surface area contributed by atoms with Crippen LogP contribution >= 0.6 is 0 Å². The number of halogens is 3. The predicted molar refractivity (Wildman–Crippen MR) is 113 cm³/mol. The van der Waals surface area contributed by atoms with Gasteiger partial charge in [0, 0.05) is 5.56 Å². The van der Waals surface area contributed by atoms with Gasteiger partial charge in [-0.05, 0) is 61.0 Å². The maximum atomic E-state index is 13.0. The summed E-state index contributed by atoms with van der Waals surface area (Å²) < 4.78 is 72.3. The highest BCUT2D eigenvalue weighted by atomic mass is 32.2. The molecule has 0 fully saturated rings. The van der Waals surface area contributed by atoms with E-state index >= 15 is 0 Å². The van der Waals surface area contributed by atoms with Gasteiger partial charge < -0.3 is 9.52 Å². The van der Waals surface area contributed by atoms with Crippen molar-refractivity contribution >= 4 is 32.8 Å². The number of carboxylic acid groups (broad SMARTS) is 1. The Kier molecular flexibility index (Phi) is 5.36. The number of hydrogen-bond donors (Lipinski definition) is 2. The van der Waals surface area contributed by atoms with Gasteiger partial charge in [0.1, 0.15) is 5.52 Å². The molecule has 0 aliphatic rings. The number of aromatic carboxylic acids is 1. The number of nitrogens with zero attached hydrogens (tertiary/aromatic N) is 1. The smallest absolute Gasteiger partial charge is 0.416 e. The Bertz CT molecular complexity index is 1490. The summed E-state index contributed by atoms with van der Waals surface area (Å²) in [6, 6.07) is 12.4. The van der Waals surface area contributed by atoms with Gasteiger partial charge in [-0.15, -0.1) is 0 Å². The molecule has 0 saturated carbocycles. The molecule has 170 valence electrons. The molecular formula is C22H15F3N2O5S. The Balaban J connectivity index is 1.66. The second-order valence-corrected chi connectivity index (χ2v) is 8.85. The molecule has 0 amide bonds. The third-order valence-electron chi connectivity index (χ3n) is 4.83. The van der Waals surface area contributed by atoms with E-state index in [9.17, 15) is 31.5 Å². The van der Waals surface area contributed by atoms with E-state index < -0.39 is 27.7 Å². The average molecular weight is 476 g/mol. The first-order valence-electron chi connectivity index (χ1n) is 9.39. The number of aryl methyl sites for hydroxylation is 1. The quantitative estimate of drug-likeness (QED) is 0.403. The van der Waals surface area contributed by atoms with Crippen LogP contribution in [0.1, 0.15) is 21.5 Å². The van der Waals surface area contributed by atoms with E-state index in [0.717, 1.165) is 18.2 Å². The van der Waals surface area contributed by atoms with E-state index in [1.165, 1.54) is 42.5 Å². The number of hydrogen-bond acceptors (Lipinski definition) is 5. The second-order valence-electron chi connectivity index (χ2n) is 7.17. The van der Waals surface area contributed by atoms with Crippen LogP contribution in [0, 0.1) is 6.92 Å². The van der Waals surface area contributed by atoms with E-state index in [-0.39, 0.29) is 38.7 Å². The number of fused-ring (bicyclic) bond motifs is 1. The van der Waals surface area contributed by atoms with Crippen molar-refractivity contribution < 1.29 is 35.9 Å². The molecule has 7 nitrogen and oxygen atoms in total. The maximum Gasteiger partial charge on any atom is 0.416 e. The van der Waals surface area contributed by atoms with E-state index in [1.807, 2.05) is 0 Å². The SMILES string of the molecule is Cc1ccc(S(=O)(=O)Nc2ccc3oc(-c4cccc(C(F)(F)F)c4)nc3c2)cc1C(=O)O. The Morgan fingerprint density at radius 1 is 1.06 bits per heavy atom. The van der Waals surface area contributed by atoms with E-state index in [2.05, 4.69) is 9.71 Å². The van der Waals surface area contributed by atoms with Gasteiger partial charge in [0.2, 0.25) is 5.89 Å². The van der Waals surface area contributed by atoms with Crippen LogP contribution in [-0.4, -0.2) is 24.5 Å². The minimum atomic E-state index is -4.52. The first-order valence-corrected chi connectivity index (χ1v) is 10.9. The van der Waals surface area contributed by atoms with Gasteiger partial charge in [-0.3, -0.25) is 4.72 Å². The van der Waals surface area contributed by atoms with E-state index in [1.54, 1.807) is 6.92 Å². The lowest BCUT2D eigenvalue weighted by Gasteiger charge is -2.09. The van der Waals surface area contributed by atoms with Crippen molar-refractivity contribution in [2.75, 3.05) is 4.72 Å². The zero-order chi connectivity index (χ0) is 24.0. The Labute approximate surface area is 185 Å². The lowest BCUT2D eigenvalue weighted by atomic mass is 10.1. The number of anilines is 1. The van der Waals surface area contributed by atoms with Crippen LogP contribution in [0.2, 0.25) is 0 Å². The van der Waals surface area contributed by atoms with Crippen molar-refractivity contribution in [2.24, 2.45) is 0 Å². The first kappa shape index (κ1) is 22.3. The molecule has 33 heavy (non-hydrogen) atoms. The van der Waals surface area contributed by atoms with Crippen LogP contribution in [0.5, 0.6) is 0 Å². The molecule has 0 aliphatic carbocycles. The lowest BCUT2D eigenvalue weighted by molar-refractivity contribution is -0.137. The van der Waals surface area contributed by atoms with Crippen molar-refractivity contribution in [3.05, 3.63) is 77.4 Å². The molecule has 0 bridgehead atoms. The summed E-state index contributed by atoms with van der Waals surface area (Å²) in [6.07, 6.45) is -4.52. The van der Waals surface area contributed by atoms with Crippen molar-refractivity contribution in [1.29, 1.82) is 0 Å². The maximum absolute atomic E-state index is 13.0. The normalized spacial score (nSPS) is 12.1. The molecule has 0 aliphatic heterocycles. The Morgan fingerprint density at radius 3 is 2.52 bits per heavy atom. The summed E-state index contributed by atoms with van der Waals surface area (Å²) >= 11 is 0. The van der Waals surface area contributed by atoms with E-state index in [4.69, 9.17) is 4.42 Å². The van der Waals surface area contributed by atoms with Gasteiger partial charge in [0.05, 0.1) is 21.7 Å². The van der Waals surface area contributed by atoms with Gasteiger partial charge in [0.15, 0.2) is 5.58 Å². The predicted octanol–water partition coefficient (Wildman–Crippen LogP) is 5.32. The number of carbonyl (C=O) groups is 1. The molecule has 0 spiro atoms. The second kappa shape index (κ2) is 7.93. The zero-order valence-corrected chi connectivity index (χ0v) is 17.7. The Hall–Kier alpha value is -3.86. The fourth-order valence-electron chi connectivity index (χ4n) is 3.16. The Morgan fingerprint density at radius 2 is 1.82 bits per heavy atom. The van der Waals surface area contributed by atoms with Gasteiger partial charge in [-0.25, -0.2) is 18.2 Å². The topological polar surface area (TPSA) is 110 Å². The fraction of sp³-hybridized carbons (Fsp3) is 0.0909. The van der Waals surface area contributed by atoms with Crippen molar-refractivity contribution in [3.8, 4) is 11.5 Å². The van der Waals surface area contributed by atoms with Crippen molar-refractivity contribution in [2.45, 2.75) is 18.0 Å². The molecule has 0 unspecified atom stereocenters. The standard InChI is InChI=1S/C22H15F3N2O5S/c1-12-5-7-16(11-17(12)21(28)29)33(30,31)27-15-6-8-19-18(10-15)26-20(32-19)13-3-2-4-14(9-13)22(23,24)25/h2-11,27H,1H3,(H,28,29). The summed E-state index contributed by atoms with van der Waals surface area (Å²) in [5, 5.41) is 9.23. The van der Waals surface area contributed by atoms with Crippen LogP contribution in [0.25, 0.3) is 22.6 Å². The number of aromatic nitrogens is 1. The van der Waals surface area contributed by atoms with E-state index in [0.29, 0.717) is 5.56 Å². The summed E-state index contributed by atoms with van der Waals surface area (Å²) in [5.41, 5.74) is 0.108. The summed E-state index contributed by atoms with van der Waals surface area (Å²) in [7, 11) is -4.12. The summed E-state index contributed by atoms with van der Waals surface area (Å²) in [4.78, 5) is 15.2. The van der Waals surface area contributed by atoms with Gasteiger partial charge in [0.25, 0.3) is 10.0 Å². The average Bonchev–Trinajstić information content (AvgIpc) is 3.16. The van der Waals surface area contributed by atoms with Gasteiger partial charge in [-0.2, -0.15) is 13.2 Å². The number of alkyl halides is 3. The third kappa shape index (κ3) is 4.53. The molecule has 4 rings (SSSR count). The number of benzene rings is 3. The minimum absolute atomic E-state index is 0.0549. The van der Waals surface area contributed by atoms with Gasteiger partial charge >= 0.3 is 12.1 Å². The molecule has 1 aromatic heterocycles. The molecule has 1 heterocycles. The lowest BCUT2D eigenvalue weighted by Crippen LogP contribution is -2.14. The van der Waals surface area contributed by atoms with Crippen LogP contribution in [-0.2, 0) is 16.2 Å². The number of nitrogens with one attached hydrogen (secondary N) is 1. The zero-order valence-electron chi connectivity index (χ0n) is 16.8. The van der Waals surface area contributed by atoms with Crippen molar-refractivity contribution in [3.63, 3.8) is 0 Å². The summed E-state index contributed by atoms with van der Waals surface area (Å²) in [5.74, 6) is -1.31. The molecule has 4 aromatic rings. The monoisotopic (exact) mass is 476 g/mol. The minimum Gasteiger partial charge on any atom is -0.478 e.